The van der Waals surface area contributed by atoms with Gasteiger partial charge in [-0.25, -0.2) is 4.98 Å². The summed E-state index contributed by atoms with van der Waals surface area (Å²) in [5.74, 6) is 0.770. The minimum Gasteiger partial charge on any atom is -0.283 e. The molecule has 0 unspecified atom stereocenters. The fourth-order valence-corrected chi connectivity index (χ4v) is 5.03. The van der Waals surface area contributed by atoms with E-state index in [1.165, 1.54) is 22.5 Å². The first kappa shape index (κ1) is 18.7. The van der Waals surface area contributed by atoms with Crippen LogP contribution in [-0.4, -0.2) is 9.55 Å². The van der Waals surface area contributed by atoms with Crippen LogP contribution in [0, 0.1) is 6.92 Å². The molecule has 0 spiro atoms. The van der Waals surface area contributed by atoms with Crippen molar-refractivity contribution in [2.75, 3.05) is 0 Å². The molecule has 4 aromatic rings. The molecular weight excluding hydrogens is 384 g/mol. The van der Waals surface area contributed by atoms with Gasteiger partial charge in [-0.15, -0.1) is 17.9 Å². The highest BCUT2D eigenvalue weighted by atomic mass is 32.2. The highest BCUT2D eigenvalue weighted by molar-refractivity contribution is 7.98. The molecule has 0 saturated carbocycles. The van der Waals surface area contributed by atoms with Crippen molar-refractivity contribution in [3.05, 3.63) is 94.1 Å². The topological polar surface area (TPSA) is 34.9 Å². The van der Waals surface area contributed by atoms with Crippen molar-refractivity contribution < 1.29 is 0 Å². The van der Waals surface area contributed by atoms with Gasteiger partial charge >= 0.3 is 0 Å². The molecule has 2 aromatic heterocycles. The van der Waals surface area contributed by atoms with Gasteiger partial charge in [-0.3, -0.25) is 9.36 Å². The maximum absolute atomic E-state index is 13.3. The van der Waals surface area contributed by atoms with Crippen LogP contribution in [0.3, 0.4) is 0 Å². The third-order valence-corrected chi connectivity index (χ3v) is 6.46. The molecule has 5 heteroatoms. The summed E-state index contributed by atoms with van der Waals surface area (Å²) in [7, 11) is 0. The van der Waals surface area contributed by atoms with E-state index in [1.807, 2.05) is 23.6 Å². The Bertz CT molecular complexity index is 1180. The molecule has 140 valence electrons. The SMILES string of the molecule is C=CCn1c(SCc2ccccc2)nc2scc(-c3ccc(C)cc3)c2c1=O. The smallest absolute Gasteiger partial charge is 0.263 e. The highest BCUT2D eigenvalue weighted by Crippen LogP contribution is 2.32. The first-order valence-electron chi connectivity index (χ1n) is 9.04. The van der Waals surface area contributed by atoms with Crippen molar-refractivity contribution in [2.45, 2.75) is 24.4 Å². The van der Waals surface area contributed by atoms with Gasteiger partial charge in [0.05, 0.1) is 5.39 Å². The molecule has 28 heavy (non-hydrogen) atoms. The Morgan fingerprint density at radius 2 is 1.89 bits per heavy atom. The number of nitrogens with zero attached hydrogens (tertiary/aromatic N) is 2. The van der Waals surface area contributed by atoms with Gasteiger partial charge in [0.2, 0.25) is 0 Å². The lowest BCUT2D eigenvalue weighted by Gasteiger charge is -2.11. The second kappa shape index (κ2) is 8.17. The Hall–Kier alpha value is -2.63. The van der Waals surface area contributed by atoms with Gasteiger partial charge in [-0.1, -0.05) is 78.0 Å². The summed E-state index contributed by atoms with van der Waals surface area (Å²) in [6, 6.07) is 18.5. The monoisotopic (exact) mass is 404 g/mol. The zero-order valence-electron chi connectivity index (χ0n) is 15.6. The van der Waals surface area contributed by atoms with Gasteiger partial charge in [0.25, 0.3) is 5.56 Å². The van der Waals surface area contributed by atoms with E-state index >= 15 is 0 Å². The van der Waals surface area contributed by atoms with E-state index in [2.05, 4.69) is 49.9 Å². The Morgan fingerprint density at radius 1 is 1.14 bits per heavy atom. The van der Waals surface area contributed by atoms with Gasteiger partial charge in [-0.05, 0) is 18.1 Å². The summed E-state index contributed by atoms with van der Waals surface area (Å²) in [5, 5.41) is 3.46. The lowest BCUT2D eigenvalue weighted by molar-refractivity contribution is 0.673. The zero-order valence-corrected chi connectivity index (χ0v) is 17.2. The zero-order chi connectivity index (χ0) is 19.5. The van der Waals surface area contributed by atoms with Crippen LogP contribution in [-0.2, 0) is 12.3 Å². The van der Waals surface area contributed by atoms with E-state index in [0.717, 1.165) is 26.9 Å². The lowest BCUT2D eigenvalue weighted by Crippen LogP contribution is -2.22. The second-order valence-electron chi connectivity index (χ2n) is 6.57. The molecule has 0 N–H and O–H groups in total. The number of hydrogen-bond donors (Lipinski definition) is 0. The van der Waals surface area contributed by atoms with E-state index < -0.39 is 0 Å². The van der Waals surface area contributed by atoms with E-state index in [0.29, 0.717) is 11.9 Å². The standard InChI is InChI=1S/C23H20N2OS2/c1-3-13-25-22(26)20-19(18-11-9-16(2)10-12-18)15-27-21(20)24-23(25)28-14-17-7-5-4-6-8-17/h3-12,15H,1,13-14H2,2H3. The van der Waals surface area contributed by atoms with Crippen molar-refractivity contribution in [3.63, 3.8) is 0 Å². The van der Waals surface area contributed by atoms with Crippen LogP contribution in [0.25, 0.3) is 21.3 Å². The Kier molecular flexibility index (Phi) is 5.46. The van der Waals surface area contributed by atoms with Crippen molar-refractivity contribution in [1.82, 2.24) is 9.55 Å². The number of aryl methyl sites for hydroxylation is 1. The number of allylic oxidation sites excluding steroid dienone is 1. The predicted octanol–water partition coefficient (Wildman–Crippen LogP) is 5.91. The van der Waals surface area contributed by atoms with Gasteiger partial charge < -0.3 is 0 Å². The van der Waals surface area contributed by atoms with Crippen LogP contribution in [0.5, 0.6) is 0 Å². The predicted molar refractivity (Wildman–Crippen MR) is 120 cm³/mol. The summed E-state index contributed by atoms with van der Waals surface area (Å²) < 4.78 is 1.73. The number of benzene rings is 2. The fraction of sp³-hybridized carbons (Fsp3) is 0.130. The third kappa shape index (κ3) is 3.68. The molecule has 0 amide bonds. The molecule has 0 radical (unpaired) electrons. The molecular formula is C23H20N2OS2. The quantitative estimate of drug-likeness (QED) is 0.228. The Morgan fingerprint density at radius 3 is 2.61 bits per heavy atom. The molecule has 2 aromatic carbocycles. The fourth-order valence-electron chi connectivity index (χ4n) is 3.07. The van der Waals surface area contributed by atoms with E-state index in [4.69, 9.17) is 4.98 Å². The van der Waals surface area contributed by atoms with Crippen LogP contribution < -0.4 is 5.56 Å². The lowest BCUT2D eigenvalue weighted by atomic mass is 10.1. The largest absolute Gasteiger partial charge is 0.283 e. The third-order valence-electron chi connectivity index (χ3n) is 4.54. The van der Waals surface area contributed by atoms with Crippen LogP contribution in [0.1, 0.15) is 11.1 Å². The number of aromatic nitrogens is 2. The molecule has 0 atom stereocenters. The maximum Gasteiger partial charge on any atom is 0.263 e. The molecule has 3 nitrogen and oxygen atoms in total. The van der Waals surface area contributed by atoms with Crippen molar-refractivity contribution in [2.24, 2.45) is 0 Å². The summed E-state index contributed by atoms with van der Waals surface area (Å²) >= 11 is 3.11. The average Bonchev–Trinajstić information content (AvgIpc) is 3.14. The summed E-state index contributed by atoms with van der Waals surface area (Å²) in [6.07, 6.45) is 1.75. The molecule has 4 rings (SSSR count). The van der Waals surface area contributed by atoms with Crippen molar-refractivity contribution in [1.29, 1.82) is 0 Å². The molecule has 0 fully saturated rings. The van der Waals surface area contributed by atoms with Crippen LogP contribution in [0.15, 0.2) is 82.6 Å². The van der Waals surface area contributed by atoms with Gasteiger partial charge in [0.1, 0.15) is 4.83 Å². The minimum absolute atomic E-state index is 0.00251. The highest BCUT2D eigenvalue weighted by Gasteiger charge is 2.17. The number of thioether (sulfide) groups is 1. The minimum atomic E-state index is -0.00251. The summed E-state index contributed by atoms with van der Waals surface area (Å²) in [5.41, 5.74) is 4.40. The number of hydrogen-bond acceptors (Lipinski definition) is 4. The van der Waals surface area contributed by atoms with E-state index in [-0.39, 0.29) is 5.56 Å². The second-order valence-corrected chi connectivity index (χ2v) is 8.37. The first-order valence-corrected chi connectivity index (χ1v) is 10.9. The molecule has 0 aliphatic heterocycles. The van der Waals surface area contributed by atoms with Gasteiger partial charge in [0, 0.05) is 23.2 Å². The number of thiophene rings is 1. The Balaban J connectivity index is 1.79. The Labute approximate surface area is 172 Å². The summed E-state index contributed by atoms with van der Waals surface area (Å²) in [4.78, 5) is 19.0. The van der Waals surface area contributed by atoms with Crippen LogP contribution in [0.4, 0.5) is 0 Å². The molecule has 2 heterocycles. The molecule has 0 aliphatic rings. The number of rotatable bonds is 6. The number of fused-ring (bicyclic) bond motifs is 1. The van der Waals surface area contributed by atoms with Gasteiger partial charge in [-0.2, -0.15) is 0 Å². The normalized spacial score (nSPS) is 11.0. The van der Waals surface area contributed by atoms with Crippen molar-refractivity contribution in [3.8, 4) is 11.1 Å². The average molecular weight is 405 g/mol. The summed E-state index contributed by atoms with van der Waals surface area (Å²) in [6.45, 7) is 6.33. The molecule has 0 aliphatic carbocycles. The van der Waals surface area contributed by atoms with Crippen LogP contribution >= 0.6 is 23.1 Å². The van der Waals surface area contributed by atoms with Crippen LogP contribution in [0.2, 0.25) is 0 Å². The maximum atomic E-state index is 13.3. The van der Waals surface area contributed by atoms with Gasteiger partial charge in [0.15, 0.2) is 5.16 Å². The molecule has 0 saturated heterocycles. The van der Waals surface area contributed by atoms with E-state index in [1.54, 1.807) is 22.4 Å². The van der Waals surface area contributed by atoms with E-state index in [9.17, 15) is 4.79 Å². The first-order chi connectivity index (χ1) is 13.7. The van der Waals surface area contributed by atoms with Crippen molar-refractivity contribution >= 4 is 33.3 Å². The molecule has 0 bridgehead atoms.